The number of anilines is 1. The van der Waals surface area contributed by atoms with E-state index in [9.17, 15) is 24.6 Å². The minimum Gasteiger partial charge on any atom is -0.508 e. The monoisotopic (exact) mass is 357 g/mol. The summed E-state index contributed by atoms with van der Waals surface area (Å²) in [5.41, 5.74) is 1.15. The Hall–Kier alpha value is -2.80. The van der Waals surface area contributed by atoms with Gasteiger partial charge in [0.25, 0.3) is 0 Å². The van der Waals surface area contributed by atoms with Crippen molar-refractivity contribution >= 4 is 35.2 Å². The van der Waals surface area contributed by atoms with Crippen LogP contribution in [-0.4, -0.2) is 33.2 Å². The molecule has 25 heavy (non-hydrogen) atoms. The van der Waals surface area contributed by atoms with Gasteiger partial charge < -0.3 is 10.2 Å². The van der Waals surface area contributed by atoms with Gasteiger partial charge in [0, 0.05) is 11.3 Å². The molecule has 2 amide bonds. The molecule has 0 spiro atoms. The molecule has 2 aromatic carbocycles. The molecule has 0 bridgehead atoms. The van der Waals surface area contributed by atoms with Crippen LogP contribution in [0.25, 0.3) is 0 Å². The highest BCUT2D eigenvalue weighted by Crippen LogP contribution is 2.36. The Kier molecular flexibility index (Phi) is 4.50. The fourth-order valence-corrected chi connectivity index (χ4v) is 3.92. The highest BCUT2D eigenvalue weighted by molar-refractivity contribution is 8.00. The standard InChI is InChI=1S/C18H15NO5S/c1-10-8-11(20)6-7-13(10)19-16(21)9-15(17(19)22)25-14-5-3-2-4-12(14)18(23)24/h2-8,15,20H,9H2,1H3,(H,23,24). The summed E-state index contributed by atoms with van der Waals surface area (Å²) in [6, 6.07) is 10.8. The molecule has 0 aliphatic carbocycles. The molecule has 128 valence electrons. The number of aromatic hydroxyl groups is 1. The number of imide groups is 1. The summed E-state index contributed by atoms with van der Waals surface area (Å²) in [6.45, 7) is 1.70. The average molecular weight is 357 g/mol. The van der Waals surface area contributed by atoms with Crippen LogP contribution in [0.2, 0.25) is 0 Å². The molecule has 1 heterocycles. The van der Waals surface area contributed by atoms with Gasteiger partial charge in [0.05, 0.1) is 16.5 Å². The van der Waals surface area contributed by atoms with Crippen molar-refractivity contribution < 1.29 is 24.6 Å². The normalized spacial score (nSPS) is 17.2. The van der Waals surface area contributed by atoms with Crippen LogP contribution in [0.15, 0.2) is 47.4 Å². The fourth-order valence-electron chi connectivity index (χ4n) is 2.74. The van der Waals surface area contributed by atoms with Crippen molar-refractivity contribution in [1.82, 2.24) is 0 Å². The number of phenolic OH excluding ortho intramolecular Hbond substituents is 1. The van der Waals surface area contributed by atoms with Gasteiger partial charge in [-0.1, -0.05) is 12.1 Å². The maximum Gasteiger partial charge on any atom is 0.336 e. The van der Waals surface area contributed by atoms with E-state index in [1.807, 2.05) is 0 Å². The summed E-state index contributed by atoms with van der Waals surface area (Å²) in [6.07, 6.45) is -0.00221. The van der Waals surface area contributed by atoms with Gasteiger partial charge in [0.2, 0.25) is 11.8 Å². The fraction of sp³-hybridized carbons (Fsp3) is 0.167. The van der Waals surface area contributed by atoms with Crippen LogP contribution in [0.4, 0.5) is 5.69 Å². The van der Waals surface area contributed by atoms with Crippen LogP contribution in [0, 0.1) is 6.92 Å². The zero-order chi connectivity index (χ0) is 18.1. The molecule has 6 nitrogen and oxygen atoms in total. The van der Waals surface area contributed by atoms with Gasteiger partial charge in [-0.05, 0) is 42.8 Å². The van der Waals surface area contributed by atoms with E-state index >= 15 is 0 Å². The number of rotatable bonds is 4. The molecule has 0 radical (unpaired) electrons. The van der Waals surface area contributed by atoms with Crippen molar-refractivity contribution in [1.29, 1.82) is 0 Å². The zero-order valence-corrected chi connectivity index (χ0v) is 14.1. The Balaban J connectivity index is 1.88. The molecular weight excluding hydrogens is 342 g/mol. The first-order valence-electron chi connectivity index (χ1n) is 7.54. The highest BCUT2D eigenvalue weighted by atomic mass is 32.2. The van der Waals surface area contributed by atoms with Gasteiger partial charge in [-0.3, -0.25) is 9.59 Å². The molecule has 2 aromatic rings. The van der Waals surface area contributed by atoms with Crippen LogP contribution in [0.5, 0.6) is 5.75 Å². The first kappa shape index (κ1) is 17.0. The van der Waals surface area contributed by atoms with Crippen LogP contribution in [0.1, 0.15) is 22.3 Å². The number of carbonyl (C=O) groups is 3. The third-order valence-electron chi connectivity index (χ3n) is 3.91. The van der Waals surface area contributed by atoms with Crippen molar-refractivity contribution in [3.8, 4) is 5.75 Å². The SMILES string of the molecule is Cc1cc(O)ccc1N1C(=O)CC(Sc2ccccc2C(=O)O)C1=O. The smallest absolute Gasteiger partial charge is 0.336 e. The average Bonchev–Trinajstić information content (AvgIpc) is 2.82. The maximum absolute atomic E-state index is 12.7. The predicted molar refractivity (Wildman–Crippen MR) is 93.0 cm³/mol. The topological polar surface area (TPSA) is 94.9 Å². The molecule has 0 aromatic heterocycles. The molecular formula is C18H15NO5S. The minimum atomic E-state index is -1.08. The van der Waals surface area contributed by atoms with Crippen LogP contribution in [-0.2, 0) is 9.59 Å². The van der Waals surface area contributed by atoms with E-state index < -0.39 is 11.2 Å². The predicted octanol–water partition coefficient (Wildman–Crippen LogP) is 2.82. The first-order chi connectivity index (χ1) is 11.9. The Morgan fingerprint density at radius 1 is 1.20 bits per heavy atom. The molecule has 3 rings (SSSR count). The van der Waals surface area contributed by atoms with Crippen LogP contribution >= 0.6 is 11.8 Å². The van der Waals surface area contributed by atoms with E-state index in [1.165, 1.54) is 24.3 Å². The second-order valence-corrected chi connectivity index (χ2v) is 6.89. The lowest BCUT2D eigenvalue weighted by molar-refractivity contribution is -0.121. The molecule has 1 aliphatic heterocycles. The molecule has 1 saturated heterocycles. The summed E-state index contributed by atoms with van der Waals surface area (Å²) in [4.78, 5) is 37.9. The quantitative estimate of drug-likeness (QED) is 0.817. The molecule has 1 atom stereocenters. The number of carboxylic acids is 1. The lowest BCUT2D eigenvalue weighted by Gasteiger charge is -2.17. The third-order valence-corrected chi connectivity index (χ3v) is 5.18. The van der Waals surface area contributed by atoms with E-state index in [0.717, 1.165) is 16.7 Å². The number of phenols is 1. The van der Waals surface area contributed by atoms with Gasteiger partial charge in [0.1, 0.15) is 5.75 Å². The summed E-state index contributed by atoms with van der Waals surface area (Å²) >= 11 is 1.08. The van der Waals surface area contributed by atoms with E-state index in [4.69, 9.17) is 0 Å². The summed E-state index contributed by atoms with van der Waals surface area (Å²) in [5.74, 6) is -1.75. The molecule has 7 heteroatoms. The van der Waals surface area contributed by atoms with Crippen molar-refractivity contribution in [3.05, 3.63) is 53.6 Å². The summed E-state index contributed by atoms with van der Waals surface area (Å²) in [5, 5.41) is 18.1. The largest absolute Gasteiger partial charge is 0.508 e. The van der Waals surface area contributed by atoms with Gasteiger partial charge in [0.15, 0.2) is 0 Å². The van der Waals surface area contributed by atoms with Crippen LogP contribution in [0.3, 0.4) is 0 Å². The van der Waals surface area contributed by atoms with Crippen molar-refractivity contribution in [2.45, 2.75) is 23.5 Å². The maximum atomic E-state index is 12.7. The lowest BCUT2D eigenvalue weighted by atomic mass is 10.1. The van der Waals surface area contributed by atoms with E-state index in [1.54, 1.807) is 25.1 Å². The molecule has 1 aliphatic rings. The van der Waals surface area contributed by atoms with Gasteiger partial charge in [-0.25, -0.2) is 9.69 Å². The second-order valence-electron chi connectivity index (χ2n) is 5.65. The Labute approximate surface area is 148 Å². The minimum absolute atomic E-state index is 0.00221. The van der Waals surface area contributed by atoms with E-state index in [2.05, 4.69) is 0 Å². The van der Waals surface area contributed by atoms with Crippen molar-refractivity contribution in [3.63, 3.8) is 0 Å². The molecule has 1 fully saturated rings. The number of hydrogen-bond acceptors (Lipinski definition) is 5. The second kappa shape index (κ2) is 6.60. The number of nitrogens with zero attached hydrogens (tertiary/aromatic N) is 1. The highest BCUT2D eigenvalue weighted by Gasteiger charge is 2.41. The van der Waals surface area contributed by atoms with Gasteiger partial charge in [-0.15, -0.1) is 11.8 Å². The first-order valence-corrected chi connectivity index (χ1v) is 8.42. The number of thioether (sulfide) groups is 1. The number of carbonyl (C=O) groups excluding carboxylic acids is 2. The number of aryl methyl sites for hydroxylation is 1. The number of aromatic carboxylic acids is 1. The van der Waals surface area contributed by atoms with Crippen molar-refractivity contribution in [2.24, 2.45) is 0 Å². The number of amides is 2. The number of hydrogen-bond donors (Lipinski definition) is 2. The number of carboxylic acid groups (broad SMARTS) is 1. The molecule has 1 unspecified atom stereocenters. The van der Waals surface area contributed by atoms with E-state index in [-0.39, 0.29) is 29.5 Å². The molecule has 2 N–H and O–H groups in total. The third kappa shape index (κ3) is 3.23. The van der Waals surface area contributed by atoms with Crippen LogP contribution < -0.4 is 4.90 Å². The Morgan fingerprint density at radius 3 is 2.60 bits per heavy atom. The zero-order valence-electron chi connectivity index (χ0n) is 13.3. The lowest BCUT2D eigenvalue weighted by Crippen LogP contribution is -2.31. The van der Waals surface area contributed by atoms with E-state index in [0.29, 0.717) is 16.1 Å². The number of benzene rings is 2. The Morgan fingerprint density at radius 2 is 1.92 bits per heavy atom. The summed E-state index contributed by atoms with van der Waals surface area (Å²) < 4.78 is 0. The molecule has 0 saturated carbocycles. The van der Waals surface area contributed by atoms with Gasteiger partial charge >= 0.3 is 5.97 Å². The van der Waals surface area contributed by atoms with Gasteiger partial charge in [-0.2, -0.15) is 0 Å². The Bertz CT molecular complexity index is 880. The summed E-state index contributed by atoms with van der Waals surface area (Å²) in [7, 11) is 0. The van der Waals surface area contributed by atoms with Crippen molar-refractivity contribution in [2.75, 3.05) is 4.90 Å².